The van der Waals surface area contributed by atoms with E-state index >= 15 is 0 Å². The van der Waals surface area contributed by atoms with Gasteiger partial charge in [-0.3, -0.25) is 14.6 Å². The summed E-state index contributed by atoms with van der Waals surface area (Å²) in [6.07, 6.45) is 2.88. The lowest BCUT2D eigenvalue weighted by molar-refractivity contribution is -0.127. The van der Waals surface area contributed by atoms with E-state index < -0.39 is 27.9 Å². The molecule has 1 aromatic carbocycles. The lowest BCUT2D eigenvalue weighted by atomic mass is 10.2. The highest BCUT2D eigenvalue weighted by molar-refractivity contribution is 7.92. The Kier molecular flexibility index (Phi) is 6.42. The maximum Gasteiger partial charge on any atom is 0.282 e. The van der Waals surface area contributed by atoms with Crippen LogP contribution in [-0.4, -0.2) is 51.9 Å². The number of sulfonamides is 1. The van der Waals surface area contributed by atoms with Crippen LogP contribution >= 0.6 is 0 Å². The van der Waals surface area contributed by atoms with Crippen LogP contribution in [0.25, 0.3) is 0 Å². The summed E-state index contributed by atoms with van der Waals surface area (Å²) in [7, 11) is -3.92. The molecule has 0 spiro atoms. The van der Waals surface area contributed by atoms with Gasteiger partial charge in [0.05, 0.1) is 16.3 Å². The first-order valence-corrected chi connectivity index (χ1v) is 11.8. The van der Waals surface area contributed by atoms with Gasteiger partial charge in [-0.05, 0) is 63.2 Å². The van der Waals surface area contributed by atoms with E-state index in [9.17, 15) is 18.0 Å². The normalized spacial score (nSPS) is 16.0. The Morgan fingerprint density at radius 2 is 1.63 bits per heavy atom. The zero-order valence-corrected chi connectivity index (χ0v) is 19.8. The maximum absolute atomic E-state index is 12.7. The molecule has 3 aromatic rings. The van der Waals surface area contributed by atoms with Crippen molar-refractivity contribution >= 4 is 39.2 Å². The number of hydrogen-bond acceptors (Lipinski definition) is 10. The van der Waals surface area contributed by atoms with E-state index in [1.54, 1.807) is 26.8 Å². The molecule has 1 aliphatic heterocycles. The molecule has 1 atom stereocenters. The number of anilines is 1. The molecule has 0 saturated carbocycles. The van der Waals surface area contributed by atoms with Crippen LogP contribution in [0.1, 0.15) is 28.7 Å². The quantitative estimate of drug-likeness (QED) is 0.409. The summed E-state index contributed by atoms with van der Waals surface area (Å²) >= 11 is 0. The van der Waals surface area contributed by atoms with Crippen molar-refractivity contribution in [2.45, 2.75) is 31.7 Å². The van der Waals surface area contributed by atoms with Crippen LogP contribution in [0.4, 0.5) is 11.6 Å². The minimum Gasteiger partial charge on any atom is -0.269 e. The van der Waals surface area contributed by atoms with E-state index in [1.807, 2.05) is 0 Å². The zero-order valence-electron chi connectivity index (χ0n) is 18.9. The molecule has 2 aromatic heterocycles. The number of nitrogens with one attached hydrogen (secondary N) is 1. The SMILES string of the molecule is CC1=NN(C(=O)c2ccncc2)C(=O)[C@H]1N=Nc1ccc(S(=O)(=O)Nc2nc(C)cc(C)n2)cc1. The Bertz CT molecular complexity index is 1430. The Hall–Kier alpha value is -4.39. The van der Waals surface area contributed by atoms with Crippen molar-refractivity contribution in [2.75, 3.05) is 4.72 Å². The second-order valence-corrected chi connectivity index (χ2v) is 9.31. The molecule has 0 unspecified atom stereocenters. The monoisotopic (exact) mass is 492 g/mol. The van der Waals surface area contributed by atoms with E-state index in [-0.39, 0.29) is 16.4 Å². The van der Waals surface area contributed by atoms with E-state index in [1.165, 1.54) is 48.8 Å². The number of amides is 2. The first-order chi connectivity index (χ1) is 16.6. The summed E-state index contributed by atoms with van der Waals surface area (Å²) in [5, 5.41) is 12.8. The average molecular weight is 493 g/mol. The number of pyridine rings is 1. The van der Waals surface area contributed by atoms with Crippen molar-refractivity contribution in [1.82, 2.24) is 20.0 Å². The molecule has 0 fully saturated rings. The second-order valence-electron chi connectivity index (χ2n) is 7.62. The van der Waals surface area contributed by atoms with Gasteiger partial charge in [0.1, 0.15) is 0 Å². The van der Waals surface area contributed by atoms with Gasteiger partial charge in [0.15, 0.2) is 6.04 Å². The summed E-state index contributed by atoms with van der Waals surface area (Å²) in [4.78, 5) is 37.2. The van der Waals surface area contributed by atoms with Gasteiger partial charge < -0.3 is 0 Å². The van der Waals surface area contributed by atoms with Gasteiger partial charge in [-0.25, -0.2) is 23.1 Å². The molecule has 1 aliphatic rings. The number of aromatic nitrogens is 3. The first-order valence-electron chi connectivity index (χ1n) is 10.3. The van der Waals surface area contributed by atoms with E-state index in [0.717, 1.165) is 5.01 Å². The summed E-state index contributed by atoms with van der Waals surface area (Å²) < 4.78 is 27.7. The van der Waals surface area contributed by atoms with Crippen molar-refractivity contribution in [2.24, 2.45) is 15.3 Å². The smallest absolute Gasteiger partial charge is 0.269 e. The van der Waals surface area contributed by atoms with Crippen molar-refractivity contribution in [3.05, 3.63) is 71.8 Å². The second kappa shape index (κ2) is 9.46. The third-order valence-corrected chi connectivity index (χ3v) is 6.20. The Morgan fingerprint density at radius 3 is 2.26 bits per heavy atom. The molecule has 0 radical (unpaired) electrons. The van der Waals surface area contributed by atoms with Crippen LogP contribution in [0, 0.1) is 13.8 Å². The third kappa shape index (κ3) is 5.24. The van der Waals surface area contributed by atoms with Crippen molar-refractivity contribution < 1.29 is 18.0 Å². The Balaban J connectivity index is 1.46. The van der Waals surface area contributed by atoms with Crippen molar-refractivity contribution in [1.29, 1.82) is 0 Å². The van der Waals surface area contributed by atoms with E-state index in [0.29, 0.717) is 22.8 Å². The first kappa shape index (κ1) is 23.8. The number of rotatable bonds is 6. The van der Waals surface area contributed by atoms with Gasteiger partial charge in [0.2, 0.25) is 5.95 Å². The van der Waals surface area contributed by atoms with Crippen LogP contribution in [0.5, 0.6) is 0 Å². The molecule has 0 aliphatic carbocycles. The standard InChI is InChI=1S/C22H20N8O4S/c1-13-12-14(2)25-22(24-13)29-35(33,34)18-6-4-17(5-7-18)26-27-19-15(3)28-30(21(19)32)20(31)16-8-10-23-11-9-16/h4-12,19H,1-3H3,(H,24,25,29)/t19-/m0/s1. The molecule has 12 nitrogen and oxygen atoms in total. The maximum atomic E-state index is 12.7. The molecule has 178 valence electrons. The fraction of sp³-hybridized carbons (Fsp3) is 0.182. The summed E-state index contributed by atoms with van der Waals surface area (Å²) in [6, 6.07) is 9.18. The number of nitrogens with zero attached hydrogens (tertiary/aromatic N) is 7. The number of hydrogen-bond donors (Lipinski definition) is 1. The molecular weight excluding hydrogens is 472 g/mol. The van der Waals surface area contributed by atoms with E-state index in [4.69, 9.17) is 0 Å². The highest BCUT2D eigenvalue weighted by Gasteiger charge is 2.38. The summed E-state index contributed by atoms with van der Waals surface area (Å²) in [5.41, 5.74) is 2.14. The molecule has 4 rings (SSSR count). The minimum atomic E-state index is -3.92. The van der Waals surface area contributed by atoms with Gasteiger partial charge in [-0.15, -0.1) is 0 Å². The molecule has 1 N–H and O–H groups in total. The summed E-state index contributed by atoms with van der Waals surface area (Å²) in [6.45, 7) is 5.04. The number of carbonyl (C=O) groups excluding carboxylic acids is 2. The van der Waals surface area contributed by atoms with Crippen LogP contribution in [0.15, 0.2) is 75.1 Å². The van der Waals surface area contributed by atoms with Gasteiger partial charge in [-0.2, -0.15) is 20.3 Å². The number of imide groups is 1. The zero-order chi connectivity index (χ0) is 25.2. The Labute approximate surface area is 200 Å². The number of benzene rings is 1. The fourth-order valence-electron chi connectivity index (χ4n) is 3.22. The predicted octanol–water partition coefficient (Wildman–Crippen LogP) is 2.80. The third-order valence-electron chi connectivity index (χ3n) is 4.86. The molecule has 35 heavy (non-hydrogen) atoms. The lowest BCUT2D eigenvalue weighted by Gasteiger charge is -2.10. The number of hydrazone groups is 1. The van der Waals surface area contributed by atoms with Gasteiger partial charge >= 0.3 is 0 Å². The molecule has 0 bridgehead atoms. The van der Waals surface area contributed by atoms with Crippen molar-refractivity contribution in [3.8, 4) is 0 Å². The lowest BCUT2D eigenvalue weighted by Crippen LogP contribution is -2.34. The largest absolute Gasteiger partial charge is 0.282 e. The number of aryl methyl sites for hydroxylation is 2. The van der Waals surface area contributed by atoms with Gasteiger partial charge in [0.25, 0.3) is 21.8 Å². The van der Waals surface area contributed by atoms with Gasteiger partial charge in [0, 0.05) is 29.3 Å². The molecular formula is C22H20N8O4S. The fourth-order valence-corrected chi connectivity index (χ4v) is 4.16. The minimum absolute atomic E-state index is 0.0216. The Morgan fingerprint density at radius 1 is 1.00 bits per heavy atom. The van der Waals surface area contributed by atoms with Crippen molar-refractivity contribution in [3.63, 3.8) is 0 Å². The van der Waals surface area contributed by atoms with Crippen LogP contribution in [0.3, 0.4) is 0 Å². The highest BCUT2D eigenvalue weighted by atomic mass is 32.2. The van der Waals surface area contributed by atoms with E-state index in [2.05, 4.69) is 35.0 Å². The van der Waals surface area contributed by atoms with Gasteiger partial charge in [-0.1, -0.05) is 0 Å². The topological polar surface area (TPSA) is 159 Å². The number of carbonyl (C=O) groups is 2. The highest BCUT2D eigenvalue weighted by Crippen LogP contribution is 2.22. The predicted molar refractivity (Wildman–Crippen MR) is 126 cm³/mol. The molecule has 3 heterocycles. The molecule has 13 heteroatoms. The summed E-state index contributed by atoms with van der Waals surface area (Å²) in [5.74, 6) is -1.25. The van der Waals surface area contributed by atoms with Crippen LogP contribution in [0.2, 0.25) is 0 Å². The number of azo groups is 1. The van der Waals surface area contributed by atoms with Crippen LogP contribution < -0.4 is 4.72 Å². The molecule has 0 saturated heterocycles. The van der Waals surface area contributed by atoms with Crippen LogP contribution in [-0.2, 0) is 14.8 Å². The average Bonchev–Trinajstić information content (AvgIpc) is 3.10. The molecule has 2 amide bonds.